The van der Waals surface area contributed by atoms with Gasteiger partial charge < -0.3 is 15.7 Å². The molecule has 2 amide bonds. The highest BCUT2D eigenvalue weighted by Crippen LogP contribution is 2.13. The number of nitrogens with one attached hydrogen (secondary N) is 2. The van der Waals surface area contributed by atoms with Gasteiger partial charge in [0.15, 0.2) is 0 Å². The highest BCUT2D eigenvalue weighted by atomic mass is 16.4. The first-order valence-corrected chi connectivity index (χ1v) is 7.12. The Morgan fingerprint density at radius 3 is 2.18 bits per heavy atom. The number of rotatable bonds is 6. The van der Waals surface area contributed by atoms with E-state index in [-0.39, 0.29) is 11.4 Å². The fourth-order valence-electron chi connectivity index (χ4n) is 1.54. The van der Waals surface area contributed by atoms with Crippen molar-refractivity contribution in [3.63, 3.8) is 0 Å². The summed E-state index contributed by atoms with van der Waals surface area (Å²) in [6.45, 7) is 7.18. The van der Waals surface area contributed by atoms with Gasteiger partial charge in [0.2, 0.25) is 5.91 Å². The third-order valence-corrected chi connectivity index (χ3v) is 3.51. The van der Waals surface area contributed by atoms with Crippen molar-refractivity contribution in [2.45, 2.75) is 39.7 Å². The van der Waals surface area contributed by atoms with E-state index in [1.807, 2.05) is 20.8 Å². The lowest BCUT2D eigenvalue weighted by atomic mass is 10.0. The molecule has 0 saturated carbocycles. The average Bonchev–Trinajstić information content (AvgIpc) is 2.46. The molecule has 0 aliphatic heterocycles. The molecule has 0 saturated heterocycles. The number of carboxylic acids is 1. The Morgan fingerprint density at radius 1 is 1.18 bits per heavy atom. The van der Waals surface area contributed by atoms with E-state index in [9.17, 15) is 14.4 Å². The molecule has 1 aromatic carbocycles. The molecule has 120 valence electrons. The maximum absolute atomic E-state index is 12.1. The zero-order valence-electron chi connectivity index (χ0n) is 13.3. The summed E-state index contributed by atoms with van der Waals surface area (Å²) in [6.07, 6.45) is 0.806. The summed E-state index contributed by atoms with van der Waals surface area (Å²) < 4.78 is 0. The number of aliphatic carboxylic acids is 1. The van der Waals surface area contributed by atoms with Gasteiger partial charge in [0.1, 0.15) is 5.92 Å². The molecule has 0 aliphatic carbocycles. The Kier molecular flexibility index (Phi) is 5.68. The Bertz CT molecular complexity index is 564. The first kappa shape index (κ1) is 17.7. The van der Waals surface area contributed by atoms with E-state index in [2.05, 4.69) is 10.6 Å². The van der Waals surface area contributed by atoms with Gasteiger partial charge >= 0.3 is 5.97 Å². The van der Waals surface area contributed by atoms with Crippen LogP contribution in [0.5, 0.6) is 0 Å². The van der Waals surface area contributed by atoms with Crippen molar-refractivity contribution in [3.05, 3.63) is 29.8 Å². The van der Waals surface area contributed by atoms with Crippen molar-refractivity contribution in [3.8, 4) is 0 Å². The highest BCUT2D eigenvalue weighted by molar-refractivity contribution is 6.04. The molecule has 0 radical (unpaired) electrons. The second kappa shape index (κ2) is 7.06. The standard InChI is InChI=1S/C16H22N2O4/c1-5-16(3,4)18-14(20)11-6-8-12(9-7-11)17-13(19)10(2)15(21)22/h6-10H,5H2,1-4H3,(H,17,19)(H,18,20)(H,21,22). The summed E-state index contributed by atoms with van der Waals surface area (Å²) in [5.74, 6) is -3.11. The van der Waals surface area contributed by atoms with E-state index in [1.165, 1.54) is 6.92 Å². The van der Waals surface area contributed by atoms with Crippen LogP contribution in [0, 0.1) is 5.92 Å². The largest absolute Gasteiger partial charge is 0.481 e. The Labute approximate surface area is 129 Å². The van der Waals surface area contributed by atoms with Crippen molar-refractivity contribution in [2.75, 3.05) is 5.32 Å². The molecule has 0 aliphatic rings. The number of hydrogen-bond acceptors (Lipinski definition) is 3. The summed E-state index contributed by atoms with van der Waals surface area (Å²) >= 11 is 0. The van der Waals surface area contributed by atoms with Crippen LogP contribution in [0.25, 0.3) is 0 Å². The average molecular weight is 306 g/mol. The monoisotopic (exact) mass is 306 g/mol. The molecule has 0 heterocycles. The second-order valence-corrected chi connectivity index (χ2v) is 5.82. The lowest BCUT2D eigenvalue weighted by Crippen LogP contribution is -2.42. The number of benzene rings is 1. The summed E-state index contributed by atoms with van der Waals surface area (Å²) in [5.41, 5.74) is 0.635. The van der Waals surface area contributed by atoms with Crippen molar-refractivity contribution in [2.24, 2.45) is 5.92 Å². The first-order chi connectivity index (χ1) is 10.2. The smallest absolute Gasteiger partial charge is 0.315 e. The normalized spacial score (nSPS) is 12.4. The number of carbonyl (C=O) groups excluding carboxylic acids is 2. The summed E-state index contributed by atoms with van der Waals surface area (Å²) in [5, 5.41) is 14.2. The van der Waals surface area contributed by atoms with Gasteiger partial charge in [0.25, 0.3) is 5.91 Å². The third kappa shape index (κ3) is 4.87. The van der Waals surface area contributed by atoms with Gasteiger partial charge in [-0.15, -0.1) is 0 Å². The molecule has 0 spiro atoms. The third-order valence-electron chi connectivity index (χ3n) is 3.51. The minimum absolute atomic E-state index is 0.191. The van der Waals surface area contributed by atoms with E-state index >= 15 is 0 Å². The molecule has 1 rings (SSSR count). The minimum Gasteiger partial charge on any atom is -0.481 e. The molecule has 6 nitrogen and oxygen atoms in total. The van der Waals surface area contributed by atoms with Crippen LogP contribution in [0.15, 0.2) is 24.3 Å². The van der Waals surface area contributed by atoms with Gasteiger partial charge in [-0.25, -0.2) is 0 Å². The van der Waals surface area contributed by atoms with Crippen molar-refractivity contribution in [1.82, 2.24) is 5.32 Å². The maximum atomic E-state index is 12.1. The molecular formula is C16H22N2O4. The molecule has 1 unspecified atom stereocenters. The summed E-state index contributed by atoms with van der Waals surface area (Å²) in [6, 6.07) is 6.31. The number of amides is 2. The second-order valence-electron chi connectivity index (χ2n) is 5.82. The maximum Gasteiger partial charge on any atom is 0.315 e. The van der Waals surface area contributed by atoms with E-state index in [0.29, 0.717) is 11.3 Å². The van der Waals surface area contributed by atoms with Crippen molar-refractivity contribution >= 4 is 23.5 Å². The minimum atomic E-state index is -1.18. The van der Waals surface area contributed by atoms with Crippen LogP contribution in [-0.2, 0) is 9.59 Å². The number of anilines is 1. The fraction of sp³-hybridized carbons (Fsp3) is 0.438. The zero-order chi connectivity index (χ0) is 16.9. The predicted molar refractivity (Wildman–Crippen MR) is 83.7 cm³/mol. The van der Waals surface area contributed by atoms with Crippen molar-refractivity contribution < 1.29 is 19.5 Å². The Morgan fingerprint density at radius 2 is 1.73 bits per heavy atom. The van der Waals surface area contributed by atoms with E-state index in [1.54, 1.807) is 24.3 Å². The molecule has 22 heavy (non-hydrogen) atoms. The molecule has 1 atom stereocenters. The summed E-state index contributed by atoms with van der Waals surface area (Å²) in [4.78, 5) is 34.4. The SMILES string of the molecule is CCC(C)(C)NC(=O)c1ccc(NC(=O)C(C)C(=O)O)cc1. The van der Waals surface area contributed by atoms with Crippen LogP contribution in [0.1, 0.15) is 44.5 Å². The van der Waals surface area contributed by atoms with Crippen LogP contribution < -0.4 is 10.6 Å². The van der Waals surface area contributed by atoms with Crippen molar-refractivity contribution in [1.29, 1.82) is 0 Å². The molecule has 3 N–H and O–H groups in total. The molecule has 6 heteroatoms. The Hall–Kier alpha value is -2.37. The van der Waals surface area contributed by atoms with E-state index in [0.717, 1.165) is 6.42 Å². The lowest BCUT2D eigenvalue weighted by Gasteiger charge is -2.24. The molecule has 0 aromatic heterocycles. The number of carboxylic acid groups (broad SMARTS) is 1. The van der Waals surface area contributed by atoms with Gasteiger partial charge in [-0.05, 0) is 51.5 Å². The first-order valence-electron chi connectivity index (χ1n) is 7.12. The Balaban J connectivity index is 2.73. The summed E-state index contributed by atoms with van der Waals surface area (Å²) in [7, 11) is 0. The van der Waals surface area contributed by atoms with E-state index < -0.39 is 17.8 Å². The van der Waals surface area contributed by atoms with Crippen LogP contribution >= 0.6 is 0 Å². The van der Waals surface area contributed by atoms with Gasteiger partial charge in [-0.2, -0.15) is 0 Å². The topological polar surface area (TPSA) is 95.5 Å². The van der Waals surface area contributed by atoms with Gasteiger partial charge in [0, 0.05) is 16.8 Å². The zero-order valence-corrected chi connectivity index (χ0v) is 13.3. The van der Waals surface area contributed by atoms with Gasteiger partial charge in [-0.3, -0.25) is 14.4 Å². The lowest BCUT2D eigenvalue weighted by molar-refractivity contribution is -0.144. The molecule has 1 aromatic rings. The van der Waals surface area contributed by atoms with Crippen LogP contribution in [0.4, 0.5) is 5.69 Å². The van der Waals surface area contributed by atoms with Crippen LogP contribution in [-0.4, -0.2) is 28.4 Å². The highest BCUT2D eigenvalue weighted by Gasteiger charge is 2.21. The van der Waals surface area contributed by atoms with Gasteiger partial charge in [-0.1, -0.05) is 6.92 Å². The molecular weight excluding hydrogens is 284 g/mol. The van der Waals surface area contributed by atoms with Gasteiger partial charge in [0.05, 0.1) is 0 Å². The fourth-order valence-corrected chi connectivity index (χ4v) is 1.54. The predicted octanol–water partition coefficient (Wildman–Crippen LogP) is 2.26. The molecule has 0 bridgehead atoms. The van der Waals surface area contributed by atoms with Crippen LogP contribution in [0.2, 0.25) is 0 Å². The number of carbonyl (C=O) groups is 3. The number of hydrogen-bond donors (Lipinski definition) is 3. The quantitative estimate of drug-likeness (QED) is 0.702. The van der Waals surface area contributed by atoms with E-state index in [4.69, 9.17) is 5.11 Å². The van der Waals surface area contributed by atoms with Crippen LogP contribution in [0.3, 0.4) is 0 Å². The molecule has 0 fully saturated rings.